The molecule has 0 saturated carbocycles. The normalized spacial score (nSPS) is 10.6. The third-order valence-electron chi connectivity index (χ3n) is 5.23. The van der Waals surface area contributed by atoms with Crippen LogP contribution in [0.5, 0.6) is 11.5 Å². The Labute approximate surface area is 202 Å². The lowest BCUT2D eigenvalue weighted by Gasteiger charge is -2.17. The highest BCUT2D eigenvalue weighted by Gasteiger charge is 2.23. The Morgan fingerprint density at radius 1 is 0.914 bits per heavy atom. The van der Waals surface area contributed by atoms with E-state index in [0.717, 1.165) is 11.1 Å². The van der Waals surface area contributed by atoms with E-state index in [-0.39, 0.29) is 18.9 Å². The molecule has 0 unspecified atom stereocenters. The summed E-state index contributed by atoms with van der Waals surface area (Å²) >= 11 is 0. The highest BCUT2D eigenvalue weighted by atomic mass is 16.6. The molecule has 0 aliphatic carbocycles. The van der Waals surface area contributed by atoms with Gasteiger partial charge in [0.1, 0.15) is 29.6 Å². The Bertz CT molecular complexity index is 1300. The van der Waals surface area contributed by atoms with Crippen molar-refractivity contribution in [1.29, 1.82) is 0 Å². The molecule has 8 heteroatoms. The van der Waals surface area contributed by atoms with Crippen LogP contribution in [0.4, 0.5) is 9.59 Å². The molecular formula is C27H24N2O6. The quantitative estimate of drug-likeness (QED) is 0.341. The molecule has 35 heavy (non-hydrogen) atoms. The average molecular weight is 472 g/mol. The third-order valence-corrected chi connectivity index (χ3v) is 5.23. The lowest BCUT2D eigenvalue weighted by molar-refractivity contribution is 0.124. The van der Waals surface area contributed by atoms with E-state index >= 15 is 0 Å². The van der Waals surface area contributed by atoms with Crippen LogP contribution in [0.1, 0.15) is 22.6 Å². The summed E-state index contributed by atoms with van der Waals surface area (Å²) in [6.45, 7) is 3.78. The van der Waals surface area contributed by atoms with E-state index in [0.29, 0.717) is 33.6 Å². The number of carboxylic acid groups (broad SMARTS) is 1. The first-order valence-electron chi connectivity index (χ1n) is 10.9. The molecule has 4 aromatic rings. The molecule has 0 saturated heterocycles. The Hall–Kier alpha value is -4.59. The van der Waals surface area contributed by atoms with Gasteiger partial charge >= 0.3 is 12.2 Å². The van der Waals surface area contributed by atoms with Gasteiger partial charge in [-0.15, -0.1) is 0 Å². The average Bonchev–Trinajstić information content (AvgIpc) is 3.24. The molecule has 1 N–H and O–H groups in total. The fraction of sp³-hybridized carbons (Fsp3) is 0.148. The SMILES string of the molecule is Cc1ccc(OC(=O)N(Cc2ccc(OCc3nc(-c4ccccc4)oc3C)cc2)C(=O)O)cc1. The maximum Gasteiger partial charge on any atom is 0.425 e. The summed E-state index contributed by atoms with van der Waals surface area (Å²) < 4.78 is 16.8. The molecule has 0 aliphatic heterocycles. The summed E-state index contributed by atoms with van der Waals surface area (Å²) in [4.78, 5) is 29.2. The maximum atomic E-state index is 12.4. The lowest BCUT2D eigenvalue weighted by atomic mass is 10.2. The Kier molecular flexibility index (Phi) is 7.11. The molecule has 0 aliphatic rings. The van der Waals surface area contributed by atoms with Crippen molar-refractivity contribution in [1.82, 2.24) is 9.88 Å². The van der Waals surface area contributed by atoms with Gasteiger partial charge in [0, 0.05) is 5.56 Å². The van der Waals surface area contributed by atoms with Gasteiger partial charge in [-0.1, -0.05) is 48.0 Å². The fourth-order valence-electron chi connectivity index (χ4n) is 3.26. The Morgan fingerprint density at radius 2 is 1.57 bits per heavy atom. The minimum Gasteiger partial charge on any atom is -0.487 e. The van der Waals surface area contributed by atoms with Crippen LogP contribution >= 0.6 is 0 Å². The number of rotatable bonds is 7. The predicted molar refractivity (Wildman–Crippen MR) is 128 cm³/mol. The van der Waals surface area contributed by atoms with Crippen LogP contribution in [0.3, 0.4) is 0 Å². The number of nitrogens with zero attached hydrogens (tertiary/aromatic N) is 2. The first-order chi connectivity index (χ1) is 16.9. The van der Waals surface area contributed by atoms with Crippen LogP contribution in [0.2, 0.25) is 0 Å². The van der Waals surface area contributed by atoms with Gasteiger partial charge in [-0.25, -0.2) is 19.5 Å². The predicted octanol–water partition coefficient (Wildman–Crippen LogP) is 6.22. The Morgan fingerprint density at radius 3 is 2.23 bits per heavy atom. The van der Waals surface area contributed by atoms with Crippen LogP contribution in [0.25, 0.3) is 11.5 Å². The van der Waals surface area contributed by atoms with Crippen molar-refractivity contribution < 1.29 is 28.6 Å². The zero-order valence-electron chi connectivity index (χ0n) is 19.3. The van der Waals surface area contributed by atoms with Crippen molar-refractivity contribution in [3.63, 3.8) is 0 Å². The van der Waals surface area contributed by atoms with Crippen molar-refractivity contribution in [3.8, 4) is 23.0 Å². The molecule has 0 fully saturated rings. The number of aromatic nitrogens is 1. The highest BCUT2D eigenvalue weighted by molar-refractivity contribution is 5.87. The highest BCUT2D eigenvalue weighted by Crippen LogP contribution is 2.23. The standard InChI is InChI=1S/C27H24N2O6/c1-18-8-12-23(13-9-18)35-27(32)29(26(30)31)16-20-10-14-22(15-11-20)33-17-24-19(2)34-25(28-24)21-6-4-3-5-7-21/h3-15H,16-17H2,1-2H3,(H,30,31). The summed E-state index contributed by atoms with van der Waals surface area (Å²) in [5, 5.41) is 9.49. The molecule has 3 aromatic carbocycles. The molecule has 1 aromatic heterocycles. The summed E-state index contributed by atoms with van der Waals surface area (Å²) in [5.41, 5.74) is 3.17. The second kappa shape index (κ2) is 10.6. The first kappa shape index (κ1) is 23.6. The maximum absolute atomic E-state index is 12.4. The first-order valence-corrected chi connectivity index (χ1v) is 10.9. The van der Waals surface area contributed by atoms with E-state index in [2.05, 4.69) is 4.98 Å². The number of carbonyl (C=O) groups excluding carboxylic acids is 1. The molecule has 8 nitrogen and oxygen atoms in total. The second-order valence-corrected chi connectivity index (χ2v) is 7.87. The molecule has 0 spiro atoms. The zero-order chi connectivity index (χ0) is 24.8. The number of amides is 2. The number of carbonyl (C=O) groups is 2. The summed E-state index contributed by atoms with van der Waals surface area (Å²) in [5.74, 6) is 2.05. The molecule has 178 valence electrons. The molecular weight excluding hydrogens is 448 g/mol. The van der Waals surface area contributed by atoms with E-state index in [1.807, 2.05) is 44.2 Å². The van der Waals surface area contributed by atoms with E-state index < -0.39 is 12.2 Å². The molecule has 4 rings (SSSR count). The minimum atomic E-state index is -1.40. The number of imide groups is 1. The molecule has 0 radical (unpaired) electrons. The van der Waals surface area contributed by atoms with Crippen LogP contribution in [-0.4, -0.2) is 27.2 Å². The van der Waals surface area contributed by atoms with Gasteiger partial charge in [0.15, 0.2) is 0 Å². The van der Waals surface area contributed by atoms with Gasteiger partial charge in [-0.2, -0.15) is 0 Å². The van der Waals surface area contributed by atoms with Gasteiger partial charge in [-0.3, -0.25) is 0 Å². The summed E-state index contributed by atoms with van der Waals surface area (Å²) in [6.07, 6.45) is -2.38. The smallest absolute Gasteiger partial charge is 0.425 e. The lowest BCUT2D eigenvalue weighted by Crippen LogP contribution is -2.37. The summed E-state index contributed by atoms with van der Waals surface area (Å²) in [7, 11) is 0. The van der Waals surface area contributed by atoms with Gasteiger partial charge < -0.3 is 19.0 Å². The van der Waals surface area contributed by atoms with Gasteiger partial charge in [0.25, 0.3) is 0 Å². The van der Waals surface area contributed by atoms with Gasteiger partial charge in [0.05, 0.1) is 6.54 Å². The Balaban J connectivity index is 1.36. The zero-order valence-corrected chi connectivity index (χ0v) is 19.3. The van der Waals surface area contributed by atoms with Crippen LogP contribution in [0, 0.1) is 13.8 Å². The van der Waals surface area contributed by atoms with Crippen molar-refractivity contribution in [2.45, 2.75) is 27.0 Å². The number of aryl methyl sites for hydroxylation is 2. The number of benzene rings is 3. The molecule has 0 atom stereocenters. The van der Waals surface area contributed by atoms with Crippen molar-refractivity contribution >= 4 is 12.2 Å². The number of hydrogen-bond acceptors (Lipinski definition) is 6. The number of ether oxygens (including phenoxy) is 2. The van der Waals surface area contributed by atoms with Crippen LogP contribution in [0.15, 0.2) is 83.3 Å². The van der Waals surface area contributed by atoms with Gasteiger partial charge in [0.2, 0.25) is 5.89 Å². The monoisotopic (exact) mass is 472 g/mol. The minimum absolute atomic E-state index is 0.164. The number of oxazole rings is 1. The third kappa shape index (κ3) is 6.05. The van der Waals surface area contributed by atoms with Crippen molar-refractivity contribution in [2.24, 2.45) is 0 Å². The fourth-order valence-corrected chi connectivity index (χ4v) is 3.26. The van der Waals surface area contributed by atoms with Crippen LogP contribution in [-0.2, 0) is 13.2 Å². The second-order valence-electron chi connectivity index (χ2n) is 7.87. The van der Waals surface area contributed by atoms with E-state index in [9.17, 15) is 14.7 Å². The van der Waals surface area contributed by atoms with E-state index in [1.54, 1.807) is 48.5 Å². The largest absolute Gasteiger partial charge is 0.487 e. The number of hydrogen-bond donors (Lipinski definition) is 1. The summed E-state index contributed by atoms with van der Waals surface area (Å²) in [6, 6.07) is 23.2. The molecule has 2 amide bonds. The van der Waals surface area contributed by atoms with Crippen molar-refractivity contribution in [3.05, 3.63) is 101 Å². The van der Waals surface area contributed by atoms with E-state index in [4.69, 9.17) is 13.9 Å². The topological polar surface area (TPSA) is 102 Å². The molecule has 0 bridgehead atoms. The van der Waals surface area contributed by atoms with Crippen molar-refractivity contribution in [2.75, 3.05) is 0 Å². The van der Waals surface area contributed by atoms with Crippen LogP contribution < -0.4 is 9.47 Å². The van der Waals surface area contributed by atoms with Gasteiger partial charge in [-0.05, 0) is 55.8 Å². The van der Waals surface area contributed by atoms with E-state index in [1.165, 1.54) is 0 Å². The molecule has 1 heterocycles.